The van der Waals surface area contributed by atoms with E-state index in [1.807, 2.05) is 0 Å². The molecule has 0 radical (unpaired) electrons. The van der Waals surface area contributed by atoms with Crippen molar-refractivity contribution in [2.24, 2.45) is 11.8 Å². The van der Waals surface area contributed by atoms with Crippen LogP contribution in [0.25, 0.3) is 0 Å². The zero-order valence-electron chi connectivity index (χ0n) is 11.4. The summed E-state index contributed by atoms with van der Waals surface area (Å²) in [5.41, 5.74) is 0.541. The Hall–Kier alpha value is -0.650. The quantitative estimate of drug-likeness (QED) is 0.848. The van der Waals surface area contributed by atoms with E-state index in [4.69, 9.17) is 11.6 Å². The summed E-state index contributed by atoms with van der Waals surface area (Å²) in [5, 5.41) is 0. The first-order valence-corrected chi connectivity index (χ1v) is 8.77. The third-order valence-corrected chi connectivity index (χ3v) is 5.95. The lowest BCUT2D eigenvalue weighted by molar-refractivity contribution is 0.418. The third kappa shape index (κ3) is 3.51. The lowest BCUT2D eigenvalue weighted by Gasteiger charge is -2.18. The average Bonchev–Trinajstić information content (AvgIpc) is 2.86. The number of sulfonamides is 1. The first kappa shape index (κ1) is 15.7. The molecule has 2 unspecified atom stereocenters. The Bertz CT molecular complexity index is 577. The normalized spacial score (nSPS) is 23.1. The predicted octanol–water partition coefficient (Wildman–Crippen LogP) is 3.07. The number of benzene rings is 1. The van der Waals surface area contributed by atoms with Crippen LogP contribution in [0.15, 0.2) is 23.1 Å². The molecule has 1 aliphatic carbocycles. The first-order chi connectivity index (χ1) is 9.44. The van der Waals surface area contributed by atoms with Gasteiger partial charge < -0.3 is 0 Å². The van der Waals surface area contributed by atoms with E-state index in [2.05, 4.69) is 4.72 Å². The number of rotatable bonds is 5. The Labute approximate surface area is 124 Å². The fraction of sp³-hybridized carbons (Fsp3) is 0.571. The van der Waals surface area contributed by atoms with E-state index in [9.17, 15) is 12.8 Å². The largest absolute Gasteiger partial charge is 0.240 e. The van der Waals surface area contributed by atoms with Crippen molar-refractivity contribution in [3.05, 3.63) is 29.6 Å². The second-order valence-corrected chi connectivity index (χ2v) is 7.41. The third-order valence-electron chi connectivity index (χ3n) is 3.99. The molecular weight excluding hydrogens is 301 g/mol. The number of alkyl halides is 1. The molecule has 1 fully saturated rings. The van der Waals surface area contributed by atoms with Gasteiger partial charge >= 0.3 is 0 Å². The smallest absolute Gasteiger partial charge is 0.211 e. The first-order valence-electron chi connectivity index (χ1n) is 6.76. The number of hydrogen-bond donors (Lipinski definition) is 1. The number of nitrogens with one attached hydrogen (secondary N) is 1. The summed E-state index contributed by atoms with van der Waals surface area (Å²) in [6.45, 7) is 2.03. The monoisotopic (exact) mass is 319 g/mol. The molecule has 1 aromatic carbocycles. The van der Waals surface area contributed by atoms with E-state index in [0.29, 0.717) is 23.9 Å². The van der Waals surface area contributed by atoms with Crippen molar-refractivity contribution in [2.75, 3.05) is 12.4 Å². The van der Waals surface area contributed by atoms with Gasteiger partial charge in [0.25, 0.3) is 0 Å². The van der Waals surface area contributed by atoms with Gasteiger partial charge in [-0.3, -0.25) is 0 Å². The summed E-state index contributed by atoms with van der Waals surface area (Å²) in [7, 11) is -3.67. The summed E-state index contributed by atoms with van der Waals surface area (Å²) in [6, 6.07) is 3.79. The highest BCUT2D eigenvalue weighted by Gasteiger charge is 2.28. The molecule has 3 nitrogen and oxygen atoms in total. The van der Waals surface area contributed by atoms with Crippen LogP contribution in [-0.2, 0) is 10.0 Å². The van der Waals surface area contributed by atoms with Gasteiger partial charge in [-0.05, 0) is 49.3 Å². The molecule has 2 rings (SSSR count). The van der Waals surface area contributed by atoms with Crippen LogP contribution in [0.4, 0.5) is 4.39 Å². The second-order valence-electron chi connectivity index (χ2n) is 5.37. The van der Waals surface area contributed by atoms with E-state index < -0.39 is 15.8 Å². The summed E-state index contributed by atoms with van der Waals surface area (Å²) in [6.07, 6.45) is 3.12. The zero-order chi connectivity index (χ0) is 14.8. The molecule has 0 aliphatic heterocycles. The van der Waals surface area contributed by atoms with Crippen LogP contribution in [0.3, 0.4) is 0 Å². The van der Waals surface area contributed by atoms with Crippen LogP contribution in [0.2, 0.25) is 0 Å². The Balaban J connectivity index is 2.09. The van der Waals surface area contributed by atoms with Crippen molar-refractivity contribution in [2.45, 2.75) is 31.1 Å². The molecule has 1 N–H and O–H groups in total. The summed E-state index contributed by atoms with van der Waals surface area (Å²) >= 11 is 5.89. The van der Waals surface area contributed by atoms with Crippen LogP contribution in [0.1, 0.15) is 24.8 Å². The van der Waals surface area contributed by atoms with Crippen molar-refractivity contribution in [1.29, 1.82) is 0 Å². The molecule has 20 heavy (non-hydrogen) atoms. The molecule has 0 aromatic heterocycles. The van der Waals surface area contributed by atoms with Gasteiger partial charge in [-0.25, -0.2) is 17.5 Å². The fourth-order valence-corrected chi connectivity index (χ4v) is 4.50. The van der Waals surface area contributed by atoms with E-state index in [-0.39, 0.29) is 10.8 Å². The molecule has 1 aliphatic rings. The van der Waals surface area contributed by atoms with Crippen LogP contribution < -0.4 is 4.72 Å². The maximum absolute atomic E-state index is 13.2. The van der Waals surface area contributed by atoms with Crippen molar-refractivity contribution < 1.29 is 12.8 Å². The number of aryl methyl sites for hydroxylation is 1. The highest BCUT2D eigenvalue weighted by Crippen LogP contribution is 2.32. The molecule has 0 amide bonds. The maximum Gasteiger partial charge on any atom is 0.240 e. The van der Waals surface area contributed by atoms with E-state index >= 15 is 0 Å². The van der Waals surface area contributed by atoms with Crippen molar-refractivity contribution in [1.82, 2.24) is 4.72 Å². The summed E-state index contributed by atoms with van der Waals surface area (Å²) in [4.78, 5) is 0.0120. The van der Waals surface area contributed by atoms with Crippen LogP contribution in [-0.4, -0.2) is 20.8 Å². The Morgan fingerprint density at radius 3 is 2.75 bits per heavy atom. The summed E-state index contributed by atoms with van der Waals surface area (Å²) in [5.74, 6) is 0.658. The molecule has 112 valence electrons. The van der Waals surface area contributed by atoms with Gasteiger partial charge in [-0.2, -0.15) is 0 Å². The average molecular weight is 320 g/mol. The van der Waals surface area contributed by atoms with Crippen molar-refractivity contribution in [3.63, 3.8) is 0 Å². The number of hydrogen-bond acceptors (Lipinski definition) is 2. The van der Waals surface area contributed by atoms with Crippen LogP contribution in [0, 0.1) is 24.6 Å². The fourth-order valence-electron chi connectivity index (χ4n) is 2.74. The molecule has 0 saturated heterocycles. The van der Waals surface area contributed by atoms with E-state index in [1.165, 1.54) is 12.1 Å². The van der Waals surface area contributed by atoms with Crippen LogP contribution >= 0.6 is 11.6 Å². The van der Waals surface area contributed by atoms with Crippen molar-refractivity contribution >= 4 is 21.6 Å². The summed E-state index contributed by atoms with van der Waals surface area (Å²) < 4.78 is 40.3. The Morgan fingerprint density at radius 1 is 1.35 bits per heavy atom. The highest BCUT2D eigenvalue weighted by atomic mass is 35.5. The van der Waals surface area contributed by atoms with Gasteiger partial charge in [0.05, 0.1) is 4.90 Å². The predicted molar refractivity (Wildman–Crippen MR) is 77.9 cm³/mol. The standard InChI is InChI=1S/C14H19ClFNO2S/c1-10-5-6-13(16)7-14(10)20(18,19)17-9-12-4-2-3-11(12)8-15/h5-7,11-12,17H,2-4,8-9H2,1H3. The zero-order valence-corrected chi connectivity index (χ0v) is 13.0. The molecule has 1 saturated carbocycles. The van der Waals surface area contributed by atoms with Gasteiger partial charge in [0.2, 0.25) is 10.0 Å². The molecule has 0 bridgehead atoms. The van der Waals surface area contributed by atoms with Crippen molar-refractivity contribution in [3.8, 4) is 0 Å². The van der Waals surface area contributed by atoms with Gasteiger partial charge in [0, 0.05) is 12.4 Å². The Morgan fingerprint density at radius 2 is 2.05 bits per heavy atom. The lowest BCUT2D eigenvalue weighted by atomic mass is 9.98. The topological polar surface area (TPSA) is 46.2 Å². The second kappa shape index (κ2) is 6.41. The van der Waals surface area contributed by atoms with E-state index in [0.717, 1.165) is 25.3 Å². The molecule has 0 heterocycles. The van der Waals surface area contributed by atoms with Gasteiger partial charge in [0.1, 0.15) is 5.82 Å². The van der Waals surface area contributed by atoms with Gasteiger partial charge in [-0.15, -0.1) is 11.6 Å². The minimum Gasteiger partial charge on any atom is -0.211 e. The maximum atomic E-state index is 13.2. The SMILES string of the molecule is Cc1ccc(F)cc1S(=O)(=O)NCC1CCCC1CCl. The molecule has 0 spiro atoms. The number of halogens is 2. The molecule has 6 heteroatoms. The van der Waals surface area contributed by atoms with Gasteiger partial charge in [0.15, 0.2) is 0 Å². The van der Waals surface area contributed by atoms with Gasteiger partial charge in [-0.1, -0.05) is 12.5 Å². The lowest BCUT2D eigenvalue weighted by Crippen LogP contribution is -2.31. The highest BCUT2D eigenvalue weighted by molar-refractivity contribution is 7.89. The van der Waals surface area contributed by atoms with Crippen LogP contribution in [0.5, 0.6) is 0 Å². The minimum atomic E-state index is -3.67. The Kier molecular flexibility index (Phi) is 5.04. The molecule has 1 aromatic rings. The molecular formula is C14H19ClFNO2S. The minimum absolute atomic E-state index is 0.0120. The van der Waals surface area contributed by atoms with E-state index in [1.54, 1.807) is 6.92 Å². The molecule has 2 atom stereocenters.